The minimum Gasteiger partial charge on any atom is -0.383 e. The monoisotopic (exact) mass is 377 g/mol. The second-order valence-corrected chi connectivity index (χ2v) is 7.12. The molecule has 6 heteroatoms. The van der Waals surface area contributed by atoms with E-state index in [0.29, 0.717) is 24.3 Å². The number of hydrogen-bond donors (Lipinski definition) is 1. The topological polar surface area (TPSA) is 64.1 Å². The number of carbonyl (C=O) groups is 1. The summed E-state index contributed by atoms with van der Waals surface area (Å²) in [4.78, 5) is 23.0. The zero-order valence-corrected chi connectivity index (χ0v) is 16.0. The number of ether oxygens (including phenoxy) is 1. The minimum absolute atomic E-state index is 0.0243. The number of methoxy groups -OCH3 is 1. The number of nitrogens with one attached hydrogen (secondary N) is 1. The summed E-state index contributed by atoms with van der Waals surface area (Å²) < 4.78 is 5.08. The number of aryl methyl sites for hydroxylation is 1. The summed E-state index contributed by atoms with van der Waals surface area (Å²) in [6.07, 6.45) is 3.46. The summed E-state index contributed by atoms with van der Waals surface area (Å²) in [5, 5.41) is 3.29. The van der Waals surface area contributed by atoms with E-state index in [1.807, 2.05) is 42.8 Å². The predicted molar refractivity (Wildman–Crippen MR) is 108 cm³/mol. The van der Waals surface area contributed by atoms with Crippen molar-refractivity contribution in [2.75, 3.05) is 25.6 Å². The van der Waals surface area contributed by atoms with Crippen LogP contribution < -0.4 is 5.32 Å². The molecule has 0 amide bonds. The van der Waals surface area contributed by atoms with Crippen molar-refractivity contribution in [2.45, 2.75) is 6.92 Å². The van der Waals surface area contributed by atoms with Gasteiger partial charge in [-0.25, -0.2) is 4.98 Å². The fourth-order valence-electron chi connectivity index (χ4n) is 3.30. The second kappa shape index (κ2) is 7.42. The predicted octanol–water partition coefficient (Wildman–Crippen LogP) is 4.06. The molecule has 1 aliphatic carbocycles. The lowest BCUT2D eigenvalue weighted by Gasteiger charge is -2.09. The summed E-state index contributed by atoms with van der Waals surface area (Å²) in [6.45, 7) is 3.27. The van der Waals surface area contributed by atoms with Crippen molar-refractivity contribution in [2.24, 2.45) is 0 Å². The maximum absolute atomic E-state index is 13.3. The Morgan fingerprint density at radius 2 is 2.07 bits per heavy atom. The van der Waals surface area contributed by atoms with Gasteiger partial charge in [0.2, 0.25) is 0 Å². The first-order chi connectivity index (χ1) is 13.2. The number of Topliss-reactive ketones (excluding diaryl/α,β-unsaturated/α-hetero) is 1. The lowest BCUT2D eigenvalue weighted by atomic mass is 9.99. The van der Waals surface area contributed by atoms with Gasteiger partial charge in [-0.15, -0.1) is 11.3 Å². The van der Waals surface area contributed by atoms with Crippen molar-refractivity contribution in [3.8, 4) is 0 Å². The number of benzene rings is 1. The number of anilines is 1. The number of pyridine rings is 1. The molecule has 5 nitrogen and oxygen atoms in total. The van der Waals surface area contributed by atoms with E-state index in [-0.39, 0.29) is 5.78 Å². The minimum atomic E-state index is 0.0243. The molecule has 0 unspecified atom stereocenters. The van der Waals surface area contributed by atoms with E-state index in [1.165, 1.54) is 0 Å². The SMILES string of the molecule is COCCNc1ccc2c(c1)C(=O)C(c1cccnc1)=C2c1scnc1C. The van der Waals surface area contributed by atoms with Gasteiger partial charge in [-0.3, -0.25) is 9.78 Å². The molecule has 0 bridgehead atoms. The Labute approximate surface area is 161 Å². The highest BCUT2D eigenvalue weighted by atomic mass is 32.1. The maximum Gasteiger partial charge on any atom is 0.195 e. The van der Waals surface area contributed by atoms with Gasteiger partial charge in [0.15, 0.2) is 5.78 Å². The van der Waals surface area contributed by atoms with Crippen LogP contribution in [0.3, 0.4) is 0 Å². The molecular formula is C21H19N3O2S. The molecule has 1 N–H and O–H groups in total. The molecule has 0 atom stereocenters. The van der Waals surface area contributed by atoms with Gasteiger partial charge in [-0.2, -0.15) is 0 Å². The number of thiazole rings is 1. The Kier molecular flexibility index (Phi) is 4.83. The number of allylic oxidation sites excluding steroid dienone is 1. The summed E-state index contributed by atoms with van der Waals surface area (Å²) in [6, 6.07) is 9.73. The summed E-state index contributed by atoms with van der Waals surface area (Å²) in [5.74, 6) is 0.0243. The van der Waals surface area contributed by atoms with E-state index in [0.717, 1.165) is 33.0 Å². The van der Waals surface area contributed by atoms with Crippen molar-refractivity contribution in [1.29, 1.82) is 0 Å². The standard InChI is InChI=1S/C21H19N3O2S/c1-13-21(27-12-24-13)19-16-6-5-15(23-8-9-26-2)10-17(16)20(25)18(19)14-4-3-7-22-11-14/h3-7,10-12,23H,8-9H2,1-2H3. The number of hydrogen-bond acceptors (Lipinski definition) is 6. The molecular weight excluding hydrogens is 358 g/mol. The van der Waals surface area contributed by atoms with Crippen LogP contribution in [0.5, 0.6) is 0 Å². The van der Waals surface area contributed by atoms with Crippen LogP contribution in [0.2, 0.25) is 0 Å². The number of carbonyl (C=O) groups excluding carboxylic acids is 1. The van der Waals surface area contributed by atoms with Gasteiger partial charge >= 0.3 is 0 Å². The molecule has 0 spiro atoms. The van der Waals surface area contributed by atoms with E-state index in [9.17, 15) is 4.79 Å². The molecule has 1 aliphatic rings. The smallest absolute Gasteiger partial charge is 0.195 e. The molecule has 0 radical (unpaired) electrons. The number of fused-ring (bicyclic) bond motifs is 1. The largest absolute Gasteiger partial charge is 0.383 e. The first-order valence-electron chi connectivity index (χ1n) is 8.67. The molecule has 3 aromatic rings. The van der Waals surface area contributed by atoms with Crippen LogP contribution in [0.15, 0.2) is 48.2 Å². The summed E-state index contributed by atoms with van der Waals surface area (Å²) in [7, 11) is 1.67. The Hall–Kier alpha value is -2.83. The molecule has 0 aliphatic heterocycles. The maximum atomic E-state index is 13.3. The van der Waals surface area contributed by atoms with E-state index in [1.54, 1.807) is 30.8 Å². The average Bonchev–Trinajstić information content (AvgIpc) is 3.23. The van der Waals surface area contributed by atoms with Gasteiger partial charge in [0, 0.05) is 54.0 Å². The van der Waals surface area contributed by atoms with Crippen LogP contribution in [0.4, 0.5) is 5.69 Å². The zero-order chi connectivity index (χ0) is 18.8. The fraction of sp³-hybridized carbons (Fsp3) is 0.190. The second-order valence-electron chi connectivity index (χ2n) is 6.27. The molecule has 2 aromatic heterocycles. The third-order valence-corrected chi connectivity index (χ3v) is 5.51. The molecule has 0 fully saturated rings. The normalized spacial score (nSPS) is 13.2. The van der Waals surface area contributed by atoms with Crippen LogP contribution in [0, 0.1) is 6.92 Å². The quantitative estimate of drug-likeness (QED) is 0.656. The summed E-state index contributed by atoms with van der Waals surface area (Å²) >= 11 is 1.56. The highest BCUT2D eigenvalue weighted by Gasteiger charge is 2.33. The van der Waals surface area contributed by atoms with Gasteiger partial charge in [-0.1, -0.05) is 12.1 Å². The number of rotatable bonds is 6. The highest BCUT2D eigenvalue weighted by molar-refractivity contribution is 7.11. The zero-order valence-electron chi connectivity index (χ0n) is 15.2. The number of ketones is 1. The van der Waals surface area contributed by atoms with Crippen molar-refractivity contribution in [1.82, 2.24) is 9.97 Å². The van der Waals surface area contributed by atoms with E-state index in [2.05, 4.69) is 15.3 Å². The van der Waals surface area contributed by atoms with Crippen molar-refractivity contribution in [3.63, 3.8) is 0 Å². The lowest BCUT2D eigenvalue weighted by Crippen LogP contribution is -2.08. The first-order valence-corrected chi connectivity index (χ1v) is 9.55. The molecule has 4 rings (SSSR count). The van der Waals surface area contributed by atoms with E-state index < -0.39 is 0 Å². The van der Waals surface area contributed by atoms with Crippen LogP contribution in [0.25, 0.3) is 11.1 Å². The molecule has 0 saturated heterocycles. The van der Waals surface area contributed by atoms with Crippen LogP contribution >= 0.6 is 11.3 Å². The average molecular weight is 377 g/mol. The molecule has 2 heterocycles. The highest BCUT2D eigenvalue weighted by Crippen LogP contribution is 2.44. The van der Waals surface area contributed by atoms with Gasteiger partial charge in [-0.05, 0) is 30.7 Å². The number of nitrogens with zero attached hydrogens (tertiary/aromatic N) is 2. The van der Waals surface area contributed by atoms with E-state index in [4.69, 9.17) is 4.74 Å². The van der Waals surface area contributed by atoms with Crippen molar-refractivity contribution >= 4 is 34.0 Å². The Morgan fingerprint density at radius 1 is 1.19 bits per heavy atom. The molecule has 27 heavy (non-hydrogen) atoms. The Bertz CT molecular complexity index is 1020. The van der Waals surface area contributed by atoms with Gasteiger partial charge in [0.25, 0.3) is 0 Å². The van der Waals surface area contributed by atoms with Crippen molar-refractivity contribution in [3.05, 3.63) is 75.5 Å². The third-order valence-electron chi connectivity index (χ3n) is 4.57. The van der Waals surface area contributed by atoms with Gasteiger partial charge in [0.1, 0.15) is 0 Å². The Balaban J connectivity index is 1.84. The van der Waals surface area contributed by atoms with Crippen LogP contribution in [0.1, 0.15) is 32.1 Å². The molecule has 1 aromatic carbocycles. The van der Waals surface area contributed by atoms with Gasteiger partial charge < -0.3 is 10.1 Å². The van der Waals surface area contributed by atoms with Crippen LogP contribution in [-0.2, 0) is 4.74 Å². The third kappa shape index (κ3) is 3.18. The van der Waals surface area contributed by atoms with Crippen molar-refractivity contribution < 1.29 is 9.53 Å². The van der Waals surface area contributed by atoms with Gasteiger partial charge in [0.05, 0.1) is 22.7 Å². The fourth-order valence-corrected chi connectivity index (χ4v) is 4.17. The summed E-state index contributed by atoms with van der Waals surface area (Å²) in [5.41, 5.74) is 7.79. The molecule has 0 saturated carbocycles. The van der Waals surface area contributed by atoms with Crippen LogP contribution in [-0.4, -0.2) is 36.0 Å². The Morgan fingerprint density at radius 3 is 2.78 bits per heavy atom. The van der Waals surface area contributed by atoms with E-state index >= 15 is 0 Å². The lowest BCUT2D eigenvalue weighted by molar-refractivity contribution is 0.105. The first kappa shape index (κ1) is 17.6. The molecule has 136 valence electrons. The number of aromatic nitrogens is 2.